The van der Waals surface area contributed by atoms with Gasteiger partial charge in [-0.3, -0.25) is 14.5 Å². The summed E-state index contributed by atoms with van der Waals surface area (Å²) >= 11 is 0. The lowest BCUT2D eigenvalue weighted by Gasteiger charge is -2.43. The van der Waals surface area contributed by atoms with E-state index in [0.717, 1.165) is 0 Å². The normalized spacial score (nSPS) is 22.9. The summed E-state index contributed by atoms with van der Waals surface area (Å²) in [7, 11) is 3.37. The minimum Gasteiger partial charge on any atom is -0.481 e. The number of carbonyl (C=O) groups excluding carboxylic acids is 1. The molecule has 1 aliphatic rings. The van der Waals surface area contributed by atoms with Crippen molar-refractivity contribution in [1.82, 2.24) is 9.80 Å². The van der Waals surface area contributed by atoms with E-state index in [1.807, 2.05) is 0 Å². The molecule has 2 rings (SSSR count). The predicted octanol–water partition coefficient (Wildman–Crippen LogP) is 0.611. The van der Waals surface area contributed by atoms with Crippen LogP contribution in [0.3, 0.4) is 0 Å². The van der Waals surface area contributed by atoms with Crippen molar-refractivity contribution in [3.63, 3.8) is 0 Å². The number of halogens is 1. The molecule has 7 nitrogen and oxygen atoms in total. The van der Waals surface area contributed by atoms with Gasteiger partial charge in [-0.2, -0.15) is 0 Å². The first-order valence-corrected chi connectivity index (χ1v) is 8.89. The molecule has 2 atom stereocenters. The average Bonchev–Trinajstić information content (AvgIpc) is 2.63. The number of aliphatic carboxylic acids is 1. The second-order valence-corrected chi connectivity index (χ2v) is 7.11. The molecule has 1 heterocycles. The minimum atomic E-state index is -1.52. The van der Waals surface area contributed by atoms with Crippen LogP contribution in [0, 0.1) is 11.2 Å². The van der Waals surface area contributed by atoms with E-state index in [9.17, 15) is 24.2 Å². The van der Waals surface area contributed by atoms with E-state index in [1.165, 1.54) is 29.2 Å². The van der Waals surface area contributed by atoms with Crippen molar-refractivity contribution in [2.75, 3.05) is 46.9 Å². The summed E-state index contributed by atoms with van der Waals surface area (Å²) in [6.45, 7) is 1.44. The number of carbonyl (C=O) groups is 2. The van der Waals surface area contributed by atoms with Gasteiger partial charge in [-0.05, 0) is 37.6 Å². The Hall–Kier alpha value is -2.03. The van der Waals surface area contributed by atoms with Gasteiger partial charge in [0.25, 0.3) is 0 Å². The van der Waals surface area contributed by atoms with Crippen LogP contribution >= 0.6 is 0 Å². The second kappa shape index (κ2) is 9.25. The molecule has 1 aliphatic heterocycles. The van der Waals surface area contributed by atoms with Crippen LogP contribution in [0.1, 0.15) is 12.0 Å². The Labute approximate surface area is 158 Å². The zero-order valence-electron chi connectivity index (χ0n) is 15.7. The zero-order valence-corrected chi connectivity index (χ0v) is 15.7. The number of aliphatic hydroxyl groups excluding tert-OH is 1. The summed E-state index contributed by atoms with van der Waals surface area (Å²) in [5.41, 5.74) is -0.916. The van der Waals surface area contributed by atoms with Crippen LogP contribution in [0.5, 0.6) is 0 Å². The quantitative estimate of drug-likeness (QED) is 0.685. The number of hydrogen-bond donors (Lipinski definition) is 2. The lowest BCUT2D eigenvalue weighted by Crippen LogP contribution is -2.59. The molecular weight excluding hydrogens is 355 g/mol. The average molecular weight is 382 g/mol. The number of ether oxygens (including phenoxy) is 1. The number of amides is 1. The van der Waals surface area contributed by atoms with Gasteiger partial charge in [-0.15, -0.1) is 0 Å². The minimum absolute atomic E-state index is 0.0209. The summed E-state index contributed by atoms with van der Waals surface area (Å²) in [5.74, 6) is -1.77. The first-order valence-electron chi connectivity index (χ1n) is 8.89. The summed E-state index contributed by atoms with van der Waals surface area (Å²) in [6.07, 6.45) is -0.885. The maximum atomic E-state index is 13.1. The molecule has 1 aromatic carbocycles. The molecule has 8 heteroatoms. The fourth-order valence-corrected chi connectivity index (χ4v) is 3.38. The standard InChI is InChI=1S/C19H27FN2O5/c1-21(9-10-27-2)12-17(24)22-8-7-16(23)19(13-22,18(25)26)11-14-3-5-15(20)6-4-14/h3-6,16,23H,7-13H2,1-2H3,(H,25,26)/t16-,19+/m0/s1. The Morgan fingerprint density at radius 3 is 2.63 bits per heavy atom. The van der Waals surface area contributed by atoms with Gasteiger partial charge in [-0.25, -0.2) is 4.39 Å². The molecule has 1 fully saturated rings. The molecule has 1 saturated heterocycles. The van der Waals surface area contributed by atoms with Crippen LogP contribution in [0.15, 0.2) is 24.3 Å². The maximum Gasteiger partial charge on any atom is 0.314 e. The van der Waals surface area contributed by atoms with E-state index in [0.29, 0.717) is 25.3 Å². The Kier molecular flexibility index (Phi) is 7.29. The molecule has 0 spiro atoms. The van der Waals surface area contributed by atoms with Crippen molar-refractivity contribution in [1.29, 1.82) is 0 Å². The number of likely N-dealkylation sites (tertiary alicyclic amines) is 1. The zero-order chi connectivity index (χ0) is 20.0. The second-order valence-electron chi connectivity index (χ2n) is 7.11. The fraction of sp³-hybridized carbons (Fsp3) is 0.579. The smallest absolute Gasteiger partial charge is 0.314 e. The monoisotopic (exact) mass is 382 g/mol. The number of methoxy groups -OCH3 is 1. The maximum absolute atomic E-state index is 13.1. The lowest BCUT2D eigenvalue weighted by molar-refractivity contribution is -0.166. The van der Waals surface area contributed by atoms with Gasteiger partial charge in [0, 0.05) is 26.7 Å². The lowest BCUT2D eigenvalue weighted by atomic mass is 9.73. The highest BCUT2D eigenvalue weighted by Gasteiger charge is 2.50. The molecule has 0 aliphatic carbocycles. The van der Waals surface area contributed by atoms with Crippen molar-refractivity contribution >= 4 is 11.9 Å². The topological polar surface area (TPSA) is 90.3 Å². The third-order valence-corrected chi connectivity index (χ3v) is 5.08. The Balaban J connectivity index is 2.14. The third-order valence-electron chi connectivity index (χ3n) is 5.08. The highest BCUT2D eigenvalue weighted by molar-refractivity contribution is 5.81. The molecular formula is C19H27FN2O5. The molecule has 0 unspecified atom stereocenters. The molecule has 0 saturated carbocycles. The van der Waals surface area contributed by atoms with Crippen LogP contribution in [0.2, 0.25) is 0 Å². The number of carboxylic acid groups (broad SMARTS) is 1. The van der Waals surface area contributed by atoms with Gasteiger partial charge in [0.15, 0.2) is 0 Å². The number of carboxylic acids is 1. The molecule has 150 valence electrons. The molecule has 1 amide bonds. The molecule has 0 bridgehead atoms. The van der Waals surface area contributed by atoms with Crippen molar-refractivity contribution in [3.8, 4) is 0 Å². The largest absolute Gasteiger partial charge is 0.481 e. The van der Waals surface area contributed by atoms with Crippen LogP contribution in [-0.2, 0) is 20.7 Å². The van der Waals surface area contributed by atoms with Gasteiger partial charge >= 0.3 is 5.97 Å². The third kappa shape index (κ3) is 5.24. The Bertz CT molecular complexity index is 654. The van der Waals surface area contributed by atoms with Crippen molar-refractivity contribution in [3.05, 3.63) is 35.6 Å². The number of nitrogens with zero attached hydrogens (tertiary/aromatic N) is 2. The van der Waals surface area contributed by atoms with E-state index in [2.05, 4.69) is 0 Å². The van der Waals surface area contributed by atoms with Crippen molar-refractivity contribution in [2.24, 2.45) is 5.41 Å². The molecule has 27 heavy (non-hydrogen) atoms. The van der Waals surface area contributed by atoms with Crippen LogP contribution in [-0.4, -0.2) is 84.9 Å². The van der Waals surface area contributed by atoms with E-state index in [-0.39, 0.29) is 31.8 Å². The van der Waals surface area contributed by atoms with Crippen LogP contribution in [0.4, 0.5) is 4.39 Å². The van der Waals surface area contributed by atoms with E-state index in [4.69, 9.17) is 4.74 Å². The van der Waals surface area contributed by atoms with E-state index < -0.39 is 23.3 Å². The number of benzene rings is 1. The number of likely N-dealkylation sites (N-methyl/N-ethyl adjacent to an activating group) is 1. The fourth-order valence-electron chi connectivity index (χ4n) is 3.38. The van der Waals surface area contributed by atoms with Gasteiger partial charge < -0.3 is 19.8 Å². The summed E-state index contributed by atoms with van der Waals surface area (Å²) < 4.78 is 18.1. The molecule has 0 radical (unpaired) electrons. The van der Waals surface area contributed by atoms with Crippen molar-refractivity contribution < 1.29 is 28.9 Å². The van der Waals surface area contributed by atoms with Crippen molar-refractivity contribution in [2.45, 2.75) is 18.9 Å². The first kappa shape index (κ1) is 21.3. The molecule has 2 N–H and O–H groups in total. The van der Waals surface area contributed by atoms with Crippen LogP contribution < -0.4 is 0 Å². The highest BCUT2D eigenvalue weighted by Crippen LogP contribution is 2.35. The van der Waals surface area contributed by atoms with E-state index in [1.54, 1.807) is 19.1 Å². The van der Waals surface area contributed by atoms with E-state index >= 15 is 0 Å². The summed E-state index contributed by atoms with van der Waals surface area (Å²) in [5, 5.41) is 20.4. The first-order chi connectivity index (χ1) is 12.8. The SMILES string of the molecule is COCCN(C)CC(=O)N1CC[C@H](O)[C@](Cc2ccc(F)cc2)(C(=O)O)C1. The van der Waals surface area contributed by atoms with Gasteiger partial charge in [0.05, 0.1) is 19.3 Å². The predicted molar refractivity (Wildman–Crippen MR) is 96.7 cm³/mol. The van der Waals surface area contributed by atoms with Crippen LogP contribution in [0.25, 0.3) is 0 Å². The Morgan fingerprint density at radius 2 is 2.04 bits per heavy atom. The Morgan fingerprint density at radius 1 is 1.37 bits per heavy atom. The van der Waals surface area contributed by atoms with Gasteiger partial charge in [-0.1, -0.05) is 12.1 Å². The number of piperidine rings is 1. The number of aliphatic hydroxyl groups is 1. The molecule has 1 aromatic rings. The molecule has 0 aromatic heterocycles. The summed E-state index contributed by atoms with van der Waals surface area (Å²) in [6, 6.07) is 5.53. The van der Waals surface area contributed by atoms with Gasteiger partial charge in [0.2, 0.25) is 5.91 Å². The summed E-state index contributed by atoms with van der Waals surface area (Å²) in [4.78, 5) is 28.0. The number of hydrogen-bond acceptors (Lipinski definition) is 5. The number of rotatable bonds is 8. The highest BCUT2D eigenvalue weighted by atomic mass is 19.1. The van der Waals surface area contributed by atoms with Gasteiger partial charge in [0.1, 0.15) is 11.2 Å².